The van der Waals surface area contributed by atoms with E-state index in [1.807, 2.05) is 37.3 Å². The molecule has 2 aromatic rings. The van der Waals surface area contributed by atoms with Crippen LogP contribution < -0.4 is 5.32 Å². The summed E-state index contributed by atoms with van der Waals surface area (Å²) in [5.74, 6) is -0.300. The maximum Gasteiger partial charge on any atom is 0.295 e. The van der Waals surface area contributed by atoms with Crippen molar-refractivity contribution in [1.29, 1.82) is 0 Å². The zero-order valence-electron chi connectivity index (χ0n) is 13.0. The average molecular weight is 359 g/mol. The number of para-hydroxylation sites is 1. The predicted molar refractivity (Wildman–Crippen MR) is 98.9 cm³/mol. The molecule has 4 nitrogen and oxygen atoms in total. The number of halogens is 1. The van der Waals surface area contributed by atoms with Crippen molar-refractivity contribution < 1.29 is 9.59 Å². The lowest BCUT2D eigenvalue weighted by Gasteiger charge is -2.15. The second-order valence-electron chi connectivity index (χ2n) is 5.31. The van der Waals surface area contributed by atoms with Crippen LogP contribution >= 0.6 is 23.4 Å². The van der Waals surface area contributed by atoms with Crippen LogP contribution in [0.2, 0.25) is 5.02 Å². The molecular weight excluding hydrogens is 344 g/mol. The van der Waals surface area contributed by atoms with Crippen molar-refractivity contribution in [1.82, 2.24) is 4.90 Å². The number of amides is 2. The van der Waals surface area contributed by atoms with E-state index in [0.29, 0.717) is 9.93 Å². The van der Waals surface area contributed by atoms with E-state index in [-0.39, 0.29) is 17.8 Å². The molecule has 0 aromatic heterocycles. The molecule has 0 spiro atoms. The number of hydrogen-bond donors (Lipinski definition) is 1. The zero-order valence-corrected chi connectivity index (χ0v) is 14.5. The summed E-state index contributed by atoms with van der Waals surface area (Å²) >= 11 is 6.89. The molecule has 0 radical (unpaired) electrons. The van der Waals surface area contributed by atoms with Crippen molar-refractivity contribution in [3.05, 3.63) is 69.6 Å². The largest absolute Gasteiger partial charge is 0.367 e. The van der Waals surface area contributed by atoms with Gasteiger partial charge in [-0.05, 0) is 54.1 Å². The number of anilines is 1. The van der Waals surface area contributed by atoms with Gasteiger partial charge in [-0.3, -0.25) is 14.5 Å². The van der Waals surface area contributed by atoms with Gasteiger partial charge in [-0.25, -0.2) is 0 Å². The highest BCUT2D eigenvalue weighted by molar-refractivity contribution is 8.18. The fraction of sp³-hybridized carbons (Fsp3) is 0.111. The molecule has 0 saturated carbocycles. The van der Waals surface area contributed by atoms with E-state index in [9.17, 15) is 9.59 Å². The SMILES string of the molecule is Cc1ccccc1NCN1C(=O)S/C(=C\c2cccc(Cl)c2)C1=O. The summed E-state index contributed by atoms with van der Waals surface area (Å²) in [7, 11) is 0. The maximum absolute atomic E-state index is 12.5. The second-order valence-corrected chi connectivity index (χ2v) is 6.74. The number of carbonyl (C=O) groups excluding carboxylic acids is 2. The van der Waals surface area contributed by atoms with Gasteiger partial charge in [0, 0.05) is 10.7 Å². The molecule has 24 heavy (non-hydrogen) atoms. The topological polar surface area (TPSA) is 49.4 Å². The number of imide groups is 1. The Morgan fingerprint density at radius 3 is 2.71 bits per heavy atom. The summed E-state index contributed by atoms with van der Waals surface area (Å²) in [5.41, 5.74) is 2.74. The zero-order chi connectivity index (χ0) is 17.1. The molecule has 6 heteroatoms. The van der Waals surface area contributed by atoms with Gasteiger partial charge in [0.2, 0.25) is 0 Å². The quantitative estimate of drug-likeness (QED) is 0.801. The van der Waals surface area contributed by atoms with Crippen LogP contribution in [0.3, 0.4) is 0 Å². The van der Waals surface area contributed by atoms with Crippen LogP contribution in [0, 0.1) is 6.92 Å². The normalized spacial score (nSPS) is 16.1. The number of carbonyl (C=O) groups is 2. The molecule has 0 aliphatic carbocycles. The van der Waals surface area contributed by atoms with Crippen LogP contribution in [0.1, 0.15) is 11.1 Å². The number of thioether (sulfide) groups is 1. The lowest BCUT2D eigenvalue weighted by Crippen LogP contribution is -2.33. The first kappa shape index (κ1) is 16.6. The Morgan fingerprint density at radius 2 is 1.96 bits per heavy atom. The first-order valence-electron chi connectivity index (χ1n) is 7.35. The fourth-order valence-electron chi connectivity index (χ4n) is 2.32. The van der Waals surface area contributed by atoms with E-state index < -0.39 is 0 Å². The van der Waals surface area contributed by atoms with Gasteiger partial charge in [-0.1, -0.05) is 41.9 Å². The van der Waals surface area contributed by atoms with E-state index >= 15 is 0 Å². The Morgan fingerprint density at radius 1 is 1.17 bits per heavy atom. The van der Waals surface area contributed by atoms with Crippen molar-refractivity contribution >= 4 is 46.3 Å². The number of rotatable bonds is 4. The molecule has 1 aliphatic heterocycles. The van der Waals surface area contributed by atoms with Gasteiger partial charge in [0.15, 0.2) is 0 Å². The molecular formula is C18H15ClN2O2S. The Bertz CT molecular complexity index is 835. The molecule has 1 fully saturated rings. The van der Waals surface area contributed by atoms with Gasteiger partial charge in [-0.2, -0.15) is 0 Å². The maximum atomic E-state index is 12.5. The summed E-state index contributed by atoms with van der Waals surface area (Å²) in [5, 5.41) is 3.44. The lowest BCUT2D eigenvalue weighted by molar-refractivity contribution is -0.122. The van der Waals surface area contributed by atoms with Crippen molar-refractivity contribution in [2.24, 2.45) is 0 Å². The van der Waals surface area contributed by atoms with Crippen molar-refractivity contribution in [3.8, 4) is 0 Å². The Kier molecular flexibility index (Phi) is 4.92. The van der Waals surface area contributed by atoms with Gasteiger partial charge in [0.1, 0.15) is 0 Å². The fourth-order valence-corrected chi connectivity index (χ4v) is 3.36. The smallest absolute Gasteiger partial charge is 0.295 e. The third-order valence-corrected chi connectivity index (χ3v) is 4.74. The van der Waals surface area contributed by atoms with E-state index in [1.165, 1.54) is 4.90 Å². The van der Waals surface area contributed by atoms with Crippen molar-refractivity contribution in [3.63, 3.8) is 0 Å². The molecule has 1 heterocycles. The number of nitrogens with one attached hydrogen (secondary N) is 1. The molecule has 0 unspecified atom stereocenters. The van der Waals surface area contributed by atoms with Gasteiger partial charge in [0.25, 0.3) is 11.1 Å². The molecule has 2 aromatic carbocycles. The molecule has 2 amide bonds. The highest BCUT2D eigenvalue weighted by atomic mass is 35.5. The predicted octanol–water partition coefficient (Wildman–Crippen LogP) is 4.75. The Labute approximate surface area is 149 Å². The van der Waals surface area contributed by atoms with Crippen LogP contribution in [0.5, 0.6) is 0 Å². The highest BCUT2D eigenvalue weighted by Crippen LogP contribution is 2.32. The minimum atomic E-state index is -0.300. The Hall–Kier alpha value is -2.24. The third kappa shape index (κ3) is 3.63. The van der Waals surface area contributed by atoms with Crippen LogP contribution in [-0.4, -0.2) is 22.7 Å². The van der Waals surface area contributed by atoms with Gasteiger partial charge < -0.3 is 5.32 Å². The summed E-state index contributed by atoms with van der Waals surface area (Å²) in [4.78, 5) is 26.2. The second kappa shape index (κ2) is 7.11. The first-order valence-corrected chi connectivity index (χ1v) is 8.54. The van der Waals surface area contributed by atoms with Crippen molar-refractivity contribution in [2.75, 3.05) is 12.0 Å². The van der Waals surface area contributed by atoms with E-state index in [2.05, 4.69) is 5.32 Å². The number of nitrogens with zero attached hydrogens (tertiary/aromatic N) is 1. The van der Waals surface area contributed by atoms with Gasteiger partial charge >= 0.3 is 0 Å². The molecule has 0 bridgehead atoms. The minimum Gasteiger partial charge on any atom is -0.367 e. The molecule has 122 valence electrons. The summed E-state index contributed by atoms with van der Waals surface area (Å²) in [6, 6.07) is 14.9. The number of hydrogen-bond acceptors (Lipinski definition) is 4. The third-order valence-electron chi connectivity index (χ3n) is 3.59. The van der Waals surface area contributed by atoms with Crippen LogP contribution in [0.4, 0.5) is 10.5 Å². The van der Waals surface area contributed by atoms with E-state index in [1.54, 1.807) is 24.3 Å². The lowest BCUT2D eigenvalue weighted by atomic mass is 10.2. The van der Waals surface area contributed by atoms with Gasteiger partial charge in [0.05, 0.1) is 11.6 Å². The van der Waals surface area contributed by atoms with Crippen LogP contribution in [0.25, 0.3) is 6.08 Å². The summed E-state index contributed by atoms with van der Waals surface area (Å²) in [6.07, 6.45) is 1.69. The van der Waals surface area contributed by atoms with Crippen LogP contribution in [-0.2, 0) is 4.79 Å². The molecule has 3 rings (SSSR count). The minimum absolute atomic E-state index is 0.141. The molecule has 0 atom stereocenters. The average Bonchev–Trinajstić information content (AvgIpc) is 2.81. The van der Waals surface area contributed by atoms with E-state index in [0.717, 1.165) is 28.6 Å². The molecule has 1 saturated heterocycles. The Balaban J connectivity index is 1.73. The van der Waals surface area contributed by atoms with E-state index in [4.69, 9.17) is 11.6 Å². The number of benzene rings is 2. The number of aryl methyl sites for hydroxylation is 1. The van der Waals surface area contributed by atoms with Gasteiger partial charge in [-0.15, -0.1) is 0 Å². The van der Waals surface area contributed by atoms with Crippen LogP contribution in [0.15, 0.2) is 53.4 Å². The first-order chi connectivity index (χ1) is 11.5. The standard InChI is InChI=1S/C18H15ClN2O2S/c1-12-5-2-3-8-15(12)20-11-21-17(22)16(24-18(21)23)10-13-6-4-7-14(19)9-13/h2-10,20H,11H2,1H3/b16-10-. The monoisotopic (exact) mass is 358 g/mol. The summed E-state index contributed by atoms with van der Waals surface area (Å²) in [6.45, 7) is 2.11. The summed E-state index contributed by atoms with van der Waals surface area (Å²) < 4.78 is 0. The highest BCUT2D eigenvalue weighted by Gasteiger charge is 2.34. The molecule has 1 aliphatic rings. The van der Waals surface area contributed by atoms with Crippen molar-refractivity contribution in [2.45, 2.75) is 6.92 Å². The molecule has 1 N–H and O–H groups in total.